The van der Waals surface area contributed by atoms with Crippen molar-refractivity contribution >= 4 is 45.0 Å². The van der Waals surface area contributed by atoms with Crippen LogP contribution in [0.4, 0.5) is 16.2 Å². The Hall–Kier alpha value is -2.82. The fourth-order valence-electron chi connectivity index (χ4n) is 2.46. The first-order chi connectivity index (χ1) is 14.4. The van der Waals surface area contributed by atoms with Crippen LogP contribution in [0.3, 0.4) is 0 Å². The van der Waals surface area contributed by atoms with E-state index in [0.29, 0.717) is 11.4 Å². The third-order valence-corrected chi connectivity index (χ3v) is 5.60. The molecule has 0 bridgehead atoms. The number of anilines is 2. The number of rotatable bonds is 6. The molecule has 0 saturated carbocycles. The van der Waals surface area contributed by atoms with Crippen molar-refractivity contribution in [2.24, 2.45) is 0 Å². The van der Waals surface area contributed by atoms with Gasteiger partial charge in [0.25, 0.3) is 5.91 Å². The zero-order chi connectivity index (χ0) is 23.4. The van der Waals surface area contributed by atoms with E-state index in [1.54, 1.807) is 32.9 Å². The van der Waals surface area contributed by atoms with E-state index < -0.39 is 27.6 Å². The quantitative estimate of drug-likeness (QED) is 0.590. The Kier molecular flexibility index (Phi) is 7.53. The highest BCUT2D eigenvalue weighted by Crippen LogP contribution is 2.29. The van der Waals surface area contributed by atoms with Crippen LogP contribution in [-0.2, 0) is 14.8 Å². The highest BCUT2D eigenvalue weighted by molar-refractivity contribution is 7.89. The molecule has 2 aromatic carbocycles. The standard InChI is InChI=1S/C20H24ClN3O6S/c1-20(2,3)30-19(26)24-16-10-12(6-9-17(16)29-5)23-18(25)14-11-13(7-8-15(14)21)31(27,28)22-4/h6-11,22H,1-5H3,(H,23,25)(H,24,26). The van der Waals surface area contributed by atoms with E-state index in [1.807, 2.05) is 0 Å². The molecule has 0 aliphatic heterocycles. The third kappa shape index (κ3) is 6.58. The molecule has 0 fully saturated rings. The van der Waals surface area contributed by atoms with Gasteiger partial charge < -0.3 is 14.8 Å². The number of carbonyl (C=O) groups is 2. The maximum absolute atomic E-state index is 12.7. The summed E-state index contributed by atoms with van der Waals surface area (Å²) in [4.78, 5) is 24.7. The van der Waals surface area contributed by atoms with E-state index in [4.69, 9.17) is 21.1 Å². The second-order valence-electron chi connectivity index (χ2n) is 7.35. The summed E-state index contributed by atoms with van der Waals surface area (Å²) in [6, 6.07) is 8.37. The van der Waals surface area contributed by atoms with Gasteiger partial charge in [-0.15, -0.1) is 0 Å². The summed E-state index contributed by atoms with van der Waals surface area (Å²) in [6.07, 6.45) is -0.692. The summed E-state index contributed by atoms with van der Waals surface area (Å²) in [7, 11) is -1.06. The van der Waals surface area contributed by atoms with Crippen molar-refractivity contribution in [1.29, 1.82) is 0 Å². The Morgan fingerprint density at radius 1 is 1.03 bits per heavy atom. The Morgan fingerprint density at radius 2 is 1.71 bits per heavy atom. The molecule has 168 valence electrons. The van der Waals surface area contributed by atoms with E-state index in [2.05, 4.69) is 15.4 Å². The molecule has 0 heterocycles. The zero-order valence-corrected chi connectivity index (χ0v) is 19.3. The Balaban J connectivity index is 2.30. The average Bonchev–Trinajstić information content (AvgIpc) is 2.66. The van der Waals surface area contributed by atoms with Crippen LogP contribution in [0.5, 0.6) is 5.75 Å². The van der Waals surface area contributed by atoms with Crippen molar-refractivity contribution in [3.63, 3.8) is 0 Å². The maximum atomic E-state index is 12.7. The second-order valence-corrected chi connectivity index (χ2v) is 9.64. The van der Waals surface area contributed by atoms with E-state index in [0.717, 1.165) is 0 Å². The highest BCUT2D eigenvalue weighted by Gasteiger charge is 2.20. The highest BCUT2D eigenvalue weighted by atomic mass is 35.5. The molecule has 2 rings (SSSR count). The van der Waals surface area contributed by atoms with Crippen molar-refractivity contribution in [3.05, 3.63) is 47.0 Å². The SMILES string of the molecule is CNS(=O)(=O)c1ccc(Cl)c(C(=O)Nc2ccc(OC)c(NC(=O)OC(C)(C)C)c2)c1. The molecule has 0 radical (unpaired) electrons. The van der Waals surface area contributed by atoms with Crippen LogP contribution < -0.4 is 20.1 Å². The number of amides is 2. The molecule has 3 N–H and O–H groups in total. The monoisotopic (exact) mass is 469 g/mol. The van der Waals surface area contributed by atoms with Crippen LogP contribution >= 0.6 is 11.6 Å². The third-order valence-electron chi connectivity index (χ3n) is 3.85. The van der Waals surface area contributed by atoms with Gasteiger partial charge in [0.15, 0.2) is 0 Å². The van der Waals surface area contributed by atoms with E-state index in [1.165, 1.54) is 38.4 Å². The summed E-state index contributed by atoms with van der Waals surface area (Å²) in [6.45, 7) is 5.19. The van der Waals surface area contributed by atoms with E-state index in [-0.39, 0.29) is 21.2 Å². The number of sulfonamides is 1. The number of hydrogen-bond donors (Lipinski definition) is 3. The van der Waals surface area contributed by atoms with Gasteiger partial charge in [0.1, 0.15) is 11.4 Å². The van der Waals surface area contributed by atoms with Crippen molar-refractivity contribution in [1.82, 2.24) is 4.72 Å². The molecule has 9 nitrogen and oxygen atoms in total. The lowest BCUT2D eigenvalue weighted by Crippen LogP contribution is -2.27. The van der Waals surface area contributed by atoms with Crippen LogP contribution in [0.1, 0.15) is 31.1 Å². The van der Waals surface area contributed by atoms with Crippen LogP contribution in [0.2, 0.25) is 5.02 Å². The number of ether oxygens (including phenoxy) is 2. The molecular formula is C20H24ClN3O6S. The van der Waals surface area contributed by atoms with Gasteiger partial charge in [-0.2, -0.15) is 0 Å². The van der Waals surface area contributed by atoms with Crippen LogP contribution in [-0.4, -0.2) is 40.2 Å². The summed E-state index contributed by atoms with van der Waals surface area (Å²) in [5.41, 5.74) is -0.143. The topological polar surface area (TPSA) is 123 Å². The molecule has 31 heavy (non-hydrogen) atoms. The molecule has 0 aromatic heterocycles. The lowest BCUT2D eigenvalue weighted by atomic mass is 10.2. The first-order valence-electron chi connectivity index (χ1n) is 9.09. The van der Waals surface area contributed by atoms with E-state index >= 15 is 0 Å². The Morgan fingerprint density at radius 3 is 2.29 bits per heavy atom. The van der Waals surface area contributed by atoms with Crippen LogP contribution in [0.15, 0.2) is 41.3 Å². The van der Waals surface area contributed by atoms with Crippen LogP contribution in [0, 0.1) is 0 Å². The lowest BCUT2D eigenvalue weighted by molar-refractivity contribution is 0.0635. The lowest BCUT2D eigenvalue weighted by Gasteiger charge is -2.20. The van der Waals surface area contributed by atoms with Crippen molar-refractivity contribution in [2.75, 3.05) is 24.8 Å². The number of carbonyl (C=O) groups excluding carboxylic acids is 2. The van der Waals surface area contributed by atoms with Gasteiger partial charge in [0.2, 0.25) is 10.0 Å². The second kappa shape index (κ2) is 9.54. The number of halogens is 1. The number of nitrogens with one attached hydrogen (secondary N) is 3. The van der Waals surface area contributed by atoms with Gasteiger partial charge in [-0.1, -0.05) is 11.6 Å². The molecule has 2 aromatic rings. The zero-order valence-electron chi connectivity index (χ0n) is 17.7. The van der Waals surface area contributed by atoms with Gasteiger partial charge in [0, 0.05) is 5.69 Å². The van der Waals surface area contributed by atoms with Gasteiger partial charge in [-0.25, -0.2) is 17.9 Å². The Bertz CT molecular complexity index is 1100. The Labute approximate surface area is 186 Å². The maximum Gasteiger partial charge on any atom is 0.412 e. The van der Waals surface area contributed by atoms with Crippen molar-refractivity contribution < 1.29 is 27.5 Å². The summed E-state index contributed by atoms with van der Waals surface area (Å²) in [5, 5.41) is 5.27. The molecule has 11 heteroatoms. The molecular weight excluding hydrogens is 446 g/mol. The molecule has 2 amide bonds. The molecule has 0 atom stereocenters. The first-order valence-corrected chi connectivity index (χ1v) is 10.9. The van der Waals surface area contributed by atoms with Gasteiger partial charge >= 0.3 is 6.09 Å². The minimum atomic E-state index is -3.75. The fourth-order valence-corrected chi connectivity index (χ4v) is 3.42. The number of methoxy groups -OCH3 is 1. The number of benzene rings is 2. The smallest absolute Gasteiger partial charge is 0.412 e. The summed E-state index contributed by atoms with van der Waals surface area (Å²) >= 11 is 6.09. The van der Waals surface area contributed by atoms with Gasteiger partial charge in [-0.3, -0.25) is 10.1 Å². The minimum Gasteiger partial charge on any atom is -0.495 e. The number of hydrogen-bond acceptors (Lipinski definition) is 6. The van der Waals surface area contributed by atoms with Crippen LogP contribution in [0.25, 0.3) is 0 Å². The molecule has 0 saturated heterocycles. The molecule has 0 aliphatic carbocycles. The van der Waals surface area contributed by atoms with Gasteiger partial charge in [-0.05, 0) is 64.2 Å². The average molecular weight is 470 g/mol. The normalized spacial score (nSPS) is 11.5. The summed E-state index contributed by atoms with van der Waals surface area (Å²) < 4.78 is 36.7. The van der Waals surface area contributed by atoms with E-state index in [9.17, 15) is 18.0 Å². The first kappa shape index (κ1) is 24.4. The molecule has 0 aliphatic rings. The fraction of sp³-hybridized carbons (Fsp3) is 0.300. The summed E-state index contributed by atoms with van der Waals surface area (Å²) in [5.74, 6) is -0.282. The predicted molar refractivity (Wildman–Crippen MR) is 119 cm³/mol. The largest absolute Gasteiger partial charge is 0.495 e. The molecule has 0 unspecified atom stereocenters. The van der Waals surface area contributed by atoms with Crippen molar-refractivity contribution in [2.45, 2.75) is 31.3 Å². The molecule has 0 spiro atoms. The van der Waals surface area contributed by atoms with Crippen molar-refractivity contribution in [3.8, 4) is 5.75 Å². The predicted octanol–water partition coefficient (Wildman–Crippen LogP) is 3.86. The van der Waals surface area contributed by atoms with Gasteiger partial charge in [0.05, 0.1) is 28.3 Å². The minimum absolute atomic E-state index is 0.0320.